The minimum absolute atomic E-state index is 0.0874. The van der Waals surface area contributed by atoms with Crippen LogP contribution in [0.5, 0.6) is 0 Å². The van der Waals surface area contributed by atoms with Crippen molar-refractivity contribution in [2.45, 2.75) is 37.6 Å². The Morgan fingerprint density at radius 1 is 1.12 bits per heavy atom. The van der Waals surface area contributed by atoms with Crippen LogP contribution in [0.1, 0.15) is 12.5 Å². The average Bonchev–Trinajstić information content (AvgIpc) is 3.17. The number of aromatic amines is 1. The molecule has 0 spiro atoms. The van der Waals surface area contributed by atoms with Gasteiger partial charge in [0.1, 0.15) is 18.1 Å². The lowest BCUT2D eigenvalue weighted by Crippen LogP contribution is -2.56. The van der Waals surface area contributed by atoms with Gasteiger partial charge in [-0.15, -0.1) is 0 Å². The number of aliphatic hydroxyl groups is 1. The maximum Gasteiger partial charge on any atom is 0.327 e. The van der Waals surface area contributed by atoms with E-state index in [9.17, 15) is 24.3 Å². The number of carboxylic acids is 1. The molecule has 32 heavy (non-hydrogen) atoms. The summed E-state index contributed by atoms with van der Waals surface area (Å²) >= 11 is 3.86. The quantitative estimate of drug-likeness (QED) is 0.186. The maximum atomic E-state index is 12.8. The maximum absolute atomic E-state index is 12.8. The van der Waals surface area contributed by atoms with Gasteiger partial charge in [-0.05, 0) is 18.6 Å². The second-order valence-corrected chi connectivity index (χ2v) is 7.62. The van der Waals surface area contributed by atoms with Crippen LogP contribution < -0.4 is 21.7 Å². The molecule has 0 fully saturated rings. The van der Waals surface area contributed by atoms with Gasteiger partial charge in [0, 0.05) is 29.3 Å². The van der Waals surface area contributed by atoms with E-state index in [4.69, 9.17) is 10.8 Å². The summed E-state index contributed by atoms with van der Waals surface area (Å²) in [7, 11) is 0. The number of aliphatic hydroxyl groups excluding tert-OH is 1. The highest BCUT2D eigenvalue weighted by Gasteiger charge is 2.27. The van der Waals surface area contributed by atoms with Gasteiger partial charge >= 0.3 is 5.97 Å². The molecule has 0 saturated heterocycles. The number of rotatable bonds is 11. The summed E-state index contributed by atoms with van der Waals surface area (Å²) in [6, 6.07) is 3.86. The SMILES string of the molecule is CC(O)C(N)C(=O)NC(Cc1c[nH]c2ccccc12)C(=O)NCC(=O)NC(CS)C(=O)O. The van der Waals surface area contributed by atoms with E-state index in [1.807, 2.05) is 24.3 Å². The second-order valence-electron chi connectivity index (χ2n) is 7.25. The van der Waals surface area contributed by atoms with Gasteiger partial charge in [0.05, 0.1) is 12.6 Å². The number of aliphatic carboxylic acids is 1. The minimum Gasteiger partial charge on any atom is -0.480 e. The van der Waals surface area contributed by atoms with Crippen LogP contribution in [0, 0.1) is 0 Å². The van der Waals surface area contributed by atoms with Crippen LogP contribution in [0.2, 0.25) is 0 Å². The molecule has 11 nitrogen and oxygen atoms in total. The van der Waals surface area contributed by atoms with Crippen LogP contribution in [0.3, 0.4) is 0 Å². The van der Waals surface area contributed by atoms with Crippen molar-refractivity contribution in [3.05, 3.63) is 36.0 Å². The number of benzene rings is 1. The van der Waals surface area contributed by atoms with Gasteiger partial charge in [-0.3, -0.25) is 14.4 Å². The third-order valence-electron chi connectivity index (χ3n) is 4.79. The molecule has 4 atom stereocenters. The van der Waals surface area contributed by atoms with Gasteiger partial charge in [0.2, 0.25) is 17.7 Å². The third kappa shape index (κ3) is 6.70. The van der Waals surface area contributed by atoms with Crippen molar-refractivity contribution in [2.24, 2.45) is 5.73 Å². The van der Waals surface area contributed by atoms with E-state index < -0.39 is 54.5 Å². The Kier molecular flexibility index (Phi) is 9.05. The van der Waals surface area contributed by atoms with Gasteiger partial charge in [0.15, 0.2) is 0 Å². The van der Waals surface area contributed by atoms with Crippen molar-refractivity contribution >= 4 is 47.2 Å². The molecule has 3 amide bonds. The van der Waals surface area contributed by atoms with Crippen molar-refractivity contribution in [1.29, 1.82) is 0 Å². The molecule has 0 saturated carbocycles. The minimum atomic E-state index is -1.25. The second kappa shape index (κ2) is 11.5. The molecule has 0 aliphatic heterocycles. The molecule has 0 radical (unpaired) electrons. The Labute approximate surface area is 189 Å². The molecule has 8 N–H and O–H groups in total. The first-order chi connectivity index (χ1) is 15.1. The molecule has 1 aromatic carbocycles. The monoisotopic (exact) mass is 465 g/mol. The van der Waals surface area contributed by atoms with Crippen LogP contribution in [-0.2, 0) is 25.6 Å². The molecule has 0 aliphatic carbocycles. The summed E-state index contributed by atoms with van der Waals surface area (Å²) in [5, 5.41) is 26.5. The fourth-order valence-electron chi connectivity index (χ4n) is 2.94. The summed E-state index contributed by atoms with van der Waals surface area (Å²) in [5.41, 5.74) is 7.26. The summed E-state index contributed by atoms with van der Waals surface area (Å²) in [6.45, 7) is 0.850. The molecule has 0 bridgehead atoms. The van der Waals surface area contributed by atoms with Crippen molar-refractivity contribution < 1.29 is 29.4 Å². The van der Waals surface area contributed by atoms with Crippen LogP contribution >= 0.6 is 12.6 Å². The molecule has 0 aliphatic rings. The number of nitrogens with two attached hydrogens (primary N) is 1. The number of carboxylic acid groups (broad SMARTS) is 1. The van der Waals surface area contributed by atoms with Gasteiger partial charge in [0.25, 0.3) is 0 Å². The van der Waals surface area contributed by atoms with E-state index >= 15 is 0 Å². The van der Waals surface area contributed by atoms with E-state index in [0.717, 1.165) is 16.5 Å². The van der Waals surface area contributed by atoms with Gasteiger partial charge in [-0.2, -0.15) is 12.6 Å². The zero-order valence-electron chi connectivity index (χ0n) is 17.4. The van der Waals surface area contributed by atoms with Gasteiger partial charge in [-0.25, -0.2) is 4.79 Å². The fourth-order valence-corrected chi connectivity index (χ4v) is 3.19. The predicted molar refractivity (Wildman–Crippen MR) is 120 cm³/mol. The number of carbonyl (C=O) groups is 4. The highest BCUT2D eigenvalue weighted by atomic mass is 32.1. The molecule has 2 rings (SSSR count). The summed E-state index contributed by atoms with van der Waals surface area (Å²) < 4.78 is 0. The number of para-hydroxylation sites is 1. The van der Waals surface area contributed by atoms with Crippen molar-refractivity contribution in [3.8, 4) is 0 Å². The normalized spacial score (nSPS) is 14.8. The Hall–Kier alpha value is -3.09. The van der Waals surface area contributed by atoms with Crippen molar-refractivity contribution in [1.82, 2.24) is 20.9 Å². The number of nitrogens with one attached hydrogen (secondary N) is 4. The predicted octanol–water partition coefficient (Wildman–Crippen LogP) is -1.48. The molecular formula is C20H27N5O6S. The van der Waals surface area contributed by atoms with E-state index in [-0.39, 0.29) is 12.2 Å². The zero-order chi connectivity index (χ0) is 23.8. The third-order valence-corrected chi connectivity index (χ3v) is 5.16. The average molecular weight is 466 g/mol. The van der Waals surface area contributed by atoms with Gasteiger partial charge in [-0.1, -0.05) is 18.2 Å². The number of carbonyl (C=O) groups excluding carboxylic acids is 3. The largest absolute Gasteiger partial charge is 0.480 e. The molecule has 4 unspecified atom stereocenters. The topological polar surface area (TPSA) is 187 Å². The smallest absolute Gasteiger partial charge is 0.327 e. The zero-order valence-corrected chi connectivity index (χ0v) is 18.3. The molecule has 174 valence electrons. The van der Waals surface area contributed by atoms with Crippen LogP contribution in [0.15, 0.2) is 30.5 Å². The standard InChI is InChI=1S/C20H27N5O6S/c1-10(26)17(21)19(29)25-14(6-11-7-22-13-5-3-2-4-12(11)13)18(28)23-8-16(27)24-15(9-32)20(30)31/h2-5,7,10,14-15,17,22,26,32H,6,8-9,21H2,1H3,(H,23,28)(H,24,27)(H,25,29)(H,30,31). The number of fused-ring (bicyclic) bond motifs is 1. The van der Waals surface area contributed by atoms with E-state index in [2.05, 4.69) is 33.6 Å². The van der Waals surface area contributed by atoms with Crippen LogP contribution in [0.4, 0.5) is 0 Å². The molecule has 1 heterocycles. The summed E-state index contributed by atoms with van der Waals surface area (Å²) in [4.78, 5) is 51.2. The number of hydrogen-bond donors (Lipinski definition) is 8. The summed E-state index contributed by atoms with van der Waals surface area (Å²) in [5.74, 6) is -3.50. The number of H-pyrrole nitrogens is 1. The highest BCUT2D eigenvalue weighted by Crippen LogP contribution is 2.19. The van der Waals surface area contributed by atoms with Gasteiger partial charge < -0.3 is 36.9 Å². The number of hydrogen-bond acceptors (Lipinski definition) is 7. The van der Waals surface area contributed by atoms with Crippen molar-refractivity contribution in [2.75, 3.05) is 12.3 Å². The first-order valence-electron chi connectivity index (χ1n) is 9.83. The van der Waals surface area contributed by atoms with E-state index in [1.54, 1.807) is 6.20 Å². The van der Waals surface area contributed by atoms with E-state index in [0.29, 0.717) is 0 Å². The lowest BCUT2D eigenvalue weighted by atomic mass is 10.0. The number of amides is 3. The Morgan fingerprint density at radius 3 is 2.44 bits per heavy atom. The molecule has 12 heteroatoms. The molecule has 1 aromatic heterocycles. The molecule has 2 aromatic rings. The number of aromatic nitrogens is 1. The Morgan fingerprint density at radius 2 is 1.81 bits per heavy atom. The number of thiol groups is 1. The van der Waals surface area contributed by atoms with Crippen LogP contribution in [-0.4, -0.2) is 75.4 Å². The lowest BCUT2D eigenvalue weighted by molar-refractivity contribution is -0.141. The Balaban J connectivity index is 2.12. The first kappa shape index (κ1) is 25.2. The summed E-state index contributed by atoms with van der Waals surface area (Å²) in [6.07, 6.45) is 0.666. The van der Waals surface area contributed by atoms with E-state index in [1.165, 1.54) is 6.92 Å². The van der Waals surface area contributed by atoms with Crippen LogP contribution in [0.25, 0.3) is 10.9 Å². The Bertz CT molecular complexity index is 978. The molecular weight excluding hydrogens is 438 g/mol. The fraction of sp³-hybridized carbons (Fsp3) is 0.400. The van der Waals surface area contributed by atoms with Crippen molar-refractivity contribution in [3.63, 3.8) is 0 Å². The highest BCUT2D eigenvalue weighted by molar-refractivity contribution is 7.80. The first-order valence-corrected chi connectivity index (χ1v) is 10.5. The lowest BCUT2D eigenvalue weighted by Gasteiger charge is -2.22.